The molecular weight excluding hydrogens is 314 g/mol. The van der Waals surface area contributed by atoms with E-state index in [2.05, 4.69) is 10.3 Å². The molecule has 0 saturated heterocycles. The van der Waals surface area contributed by atoms with Crippen LogP contribution in [0.3, 0.4) is 0 Å². The van der Waals surface area contributed by atoms with Crippen LogP contribution >= 0.6 is 11.6 Å². The van der Waals surface area contributed by atoms with Crippen LogP contribution in [0.5, 0.6) is 0 Å². The van der Waals surface area contributed by atoms with E-state index in [9.17, 15) is 4.79 Å². The third kappa shape index (κ3) is 3.70. The summed E-state index contributed by atoms with van der Waals surface area (Å²) in [6, 6.07) is 14.3. The number of hydrogen-bond acceptors (Lipinski definition) is 4. The van der Waals surface area contributed by atoms with E-state index in [1.54, 1.807) is 36.5 Å². The van der Waals surface area contributed by atoms with Crippen LogP contribution in [0.25, 0.3) is 11.3 Å². The fourth-order valence-corrected chi connectivity index (χ4v) is 2.29. The molecule has 0 aliphatic heterocycles. The number of benzene rings is 2. The third-order valence-electron chi connectivity index (χ3n) is 3.28. The van der Waals surface area contributed by atoms with Crippen LogP contribution < -0.4 is 11.1 Å². The van der Waals surface area contributed by atoms with Crippen molar-refractivity contribution in [3.63, 3.8) is 0 Å². The summed E-state index contributed by atoms with van der Waals surface area (Å²) >= 11 is 5.97. The predicted molar refractivity (Wildman–Crippen MR) is 89.2 cm³/mol. The number of amides is 1. The van der Waals surface area contributed by atoms with E-state index in [0.717, 1.165) is 11.3 Å². The topological polar surface area (TPSA) is 81.2 Å². The van der Waals surface area contributed by atoms with Gasteiger partial charge in [-0.15, -0.1) is 0 Å². The van der Waals surface area contributed by atoms with Crippen LogP contribution in [0.4, 0.5) is 5.69 Å². The second-order valence-electron chi connectivity index (χ2n) is 4.92. The molecule has 1 heterocycles. The third-order valence-corrected chi connectivity index (χ3v) is 3.51. The molecule has 0 aliphatic rings. The normalized spacial score (nSPS) is 10.5. The number of nitrogens with one attached hydrogen (secondary N) is 1. The highest BCUT2D eigenvalue weighted by Crippen LogP contribution is 2.23. The summed E-state index contributed by atoms with van der Waals surface area (Å²) in [5.41, 5.74) is 7.39. The van der Waals surface area contributed by atoms with Crippen molar-refractivity contribution in [3.05, 3.63) is 71.2 Å². The number of oxazole rings is 1. The van der Waals surface area contributed by atoms with E-state index < -0.39 is 5.91 Å². The quantitative estimate of drug-likeness (QED) is 0.748. The smallest absolute Gasteiger partial charge is 0.248 e. The molecule has 3 rings (SSSR count). The fourth-order valence-electron chi connectivity index (χ4n) is 2.10. The van der Waals surface area contributed by atoms with Crippen molar-refractivity contribution < 1.29 is 9.21 Å². The van der Waals surface area contributed by atoms with E-state index in [1.165, 1.54) is 0 Å². The molecule has 6 heteroatoms. The molecule has 0 radical (unpaired) electrons. The molecule has 0 bridgehead atoms. The monoisotopic (exact) mass is 327 g/mol. The average Bonchev–Trinajstić information content (AvgIpc) is 3.02. The first kappa shape index (κ1) is 15.1. The number of hydrogen-bond donors (Lipinski definition) is 2. The molecule has 0 spiro atoms. The summed E-state index contributed by atoms with van der Waals surface area (Å²) in [5.74, 6) is 0.766. The number of carbonyl (C=O) groups excluding carboxylic acids is 1. The van der Waals surface area contributed by atoms with Crippen LogP contribution in [0.1, 0.15) is 16.2 Å². The Labute approximate surface area is 138 Å². The second kappa shape index (κ2) is 6.54. The lowest BCUT2D eigenvalue weighted by atomic mass is 10.2. The lowest BCUT2D eigenvalue weighted by Crippen LogP contribution is -2.10. The second-order valence-corrected chi connectivity index (χ2v) is 5.36. The van der Waals surface area contributed by atoms with Gasteiger partial charge in [-0.1, -0.05) is 23.7 Å². The molecule has 23 heavy (non-hydrogen) atoms. The highest BCUT2D eigenvalue weighted by molar-refractivity contribution is 6.30. The van der Waals surface area contributed by atoms with E-state index in [0.29, 0.717) is 28.8 Å². The Kier molecular flexibility index (Phi) is 4.30. The van der Waals surface area contributed by atoms with Gasteiger partial charge in [0.15, 0.2) is 5.76 Å². The molecule has 0 saturated carbocycles. The number of rotatable bonds is 5. The van der Waals surface area contributed by atoms with Crippen molar-refractivity contribution >= 4 is 23.2 Å². The van der Waals surface area contributed by atoms with Crippen LogP contribution in [-0.4, -0.2) is 10.9 Å². The molecule has 0 unspecified atom stereocenters. The Morgan fingerprint density at radius 2 is 2.00 bits per heavy atom. The largest absolute Gasteiger partial charge is 0.439 e. The van der Waals surface area contributed by atoms with Gasteiger partial charge in [0.2, 0.25) is 11.8 Å². The minimum Gasteiger partial charge on any atom is -0.439 e. The first-order valence-corrected chi connectivity index (χ1v) is 7.34. The molecule has 1 aromatic heterocycles. The van der Waals surface area contributed by atoms with Gasteiger partial charge in [0.05, 0.1) is 12.7 Å². The Morgan fingerprint density at radius 3 is 2.70 bits per heavy atom. The fraction of sp³-hybridized carbons (Fsp3) is 0.0588. The number of primary amides is 1. The Bertz CT molecular complexity index is 828. The van der Waals surface area contributed by atoms with Gasteiger partial charge < -0.3 is 15.5 Å². The molecule has 5 nitrogen and oxygen atoms in total. The average molecular weight is 328 g/mol. The zero-order valence-corrected chi connectivity index (χ0v) is 12.9. The van der Waals surface area contributed by atoms with E-state index in [4.69, 9.17) is 21.8 Å². The van der Waals surface area contributed by atoms with Crippen molar-refractivity contribution in [2.75, 3.05) is 5.32 Å². The van der Waals surface area contributed by atoms with Gasteiger partial charge in [0.1, 0.15) is 0 Å². The minimum atomic E-state index is -0.449. The molecular formula is C17H14ClN3O2. The maximum atomic E-state index is 11.0. The number of nitrogens with two attached hydrogens (primary N) is 1. The summed E-state index contributed by atoms with van der Waals surface area (Å²) in [5, 5.41) is 3.82. The van der Waals surface area contributed by atoms with Gasteiger partial charge >= 0.3 is 0 Å². The lowest BCUT2D eigenvalue weighted by molar-refractivity contribution is 0.100. The molecule has 116 valence electrons. The number of anilines is 1. The summed E-state index contributed by atoms with van der Waals surface area (Å²) < 4.78 is 5.70. The Hall–Kier alpha value is -2.79. The van der Waals surface area contributed by atoms with Crippen LogP contribution in [0.2, 0.25) is 5.02 Å². The van der Waals surface area contributed by atoms with Gasteiger partial charge in [-0.05, 0) is 36.4 Å². The molecule has 0 atom stereocenters. The molecule has 2 aromatic carbocycles. The zero-order valence-electron chi connectivity index (χ0n) is 12.1. The molecule has 1 amide bonds. The molecule has 0 fully saturated rings. The van der Waals surface area contributed by atoms with E-state index in [-0.39, 0.29) is 0 Å². The number of carbonyl (C=O) groups is 1. The van der Waals surface area contributed by atoms with Crippen molar-refractivity contribution in [1.82, 2.24) is 4.98 Å². The minimum absolute atomic E-state index is 0.427. The van der Waals surface area contributed by atoms with Gasteiger partial charge in [-0.25, -0.2) is 4.98 Å². The van der Waals surface area contributed by atoms with Gasteiger partial charge in [-0.3, -0.25) is 4.79 Å². The van der Waals surface area contributed by atoms with E-state index in [1.807, 2.05) is 18.2 Å². The SMILES string of the molecule is NC(=O)c1ccc(NCc2ncc(-c3cccc(Cl)c3)o2)cc1. The highest BCUT2D eigenvalue weighted by atomic mass is 35.5. The Balaban J connectivity index is 1.66. The first-order valence-electron chi connectivity index (χ1n) is 6.96. The van der Waals surface area contributed by atoms with Crippen molar-refractivity contribution in [1.29, 1.82) is 0 Å². The van der Waals surface area contributed by atoms with Gasteiger partial charge in [0, 0.05) is 21.8 Å². The highest BCUT2D eigenvalue weighted by Gasteiger charge is 2.07. The van der Waals surface area contributed by atoms with Gasteiger partial charge in [0.25, 0.3) is 0 Å². The lowest BCUT2D eigenvalue weighted by Gasteiger charge is -2.04. The van der Waals surface area contributed by atoms with Crippen LogP contribution in [-0.2, 0) is 6.54 Å². The number of halogens is 1. The van der Waals surface area contributed by atoms with Crippen molar-refractivity contribution in [2.45, 2.75) is 6.54 Å². The number of nitrogens with zero attached hydrogens (tertiary/aromatic N) is 1. The molecule has 3 aromatic rings. The van der Waals surface area contributed by atoms with Crippen molar-refractivity contribution in [3.8, 4) is 11.3 Å². The summed E-state index contributed by atoms with van der Waals surface area (Å²) in [4.78, 5) is 15.3. The summed E-state index contributed by atoms with van der Waals surface area (Å²) in [6.45, 7) is 0.427. The zero-order chi connectivity index (χ0) is 16.2. The van der Waals surface area contributed by atoms with Crippen LogP contribution in [0, 0.1) is 0 Å². The van der Waals surface area contributed by atoms with Crippen molar-refractivity contribution in [2.24, 2.45) is 5.73 Å². The Morgan fingerprint density at radius 1 is 1.22 bits per heavy atom. The van der Waals surface area contributed by atoms with Crippen LogP contribution in [0.15, 0.2) is 59.1 Å². The molecule has 0 aliphatic carbocycles. The van der Waals surface area contributed by atoms with Gasteiger partial charge in [-0.2, -0.15) is 0 Å². The first-order chi connectivity index (χ1) is 11.1. The summed E-state index contributed by atoms with van der Waals surface area (Å²) in [7, 11) is 0. The predicted octanol–water partition coefficient (Wildman–Crippen LogP) is 3.71. The standard InChI is InChI=1S/C17H14ClN3O2/c18-13-3-1-2-12(8-13)15-9-21-16(23-15)10-20-14-6-4-11(5-7-14)17(19)22/h1-9,20H,10H2,(H2,19,22). The molecule has 3 N–H and O–H groups in total. The van der Waals surface area contributed by atoms with E-state index >= 15 is 0 Å². The maximum absolute atomic E-state index is 11.0. The summed E-state index contributed by atoms with van der Waals surface area (Å²) in [6.07, 6.45) is 1.67. The number of aromatic nitrogens is 1. The maximum Gasteiger partial charge on any atom is 0.248 e.